The van der Waals surface area contributed by atoms with Crippen LogP contribution in [0.25, 0.3) is 98.8 Å². The molecule has 276 valence electrons. The summed E-state index contributed by atoms with van der Waals surface area (Å²) in [6.45, 7) is 0. The van der Waals surface area contributed by atoms with Gasteiger partial charge in [-0.1, -0.05) is 152 Å². The third-order valence-corrected chi connectivity index (χ3v) is 11.9. The molecule has 3 nitrogen and oxygen atoms in total. The van der Waals surface area contributed by atoms with Crippen LogP contribution in [0, 0.1) is 0 Å². The minimum absolute atomic E-state index is 0.888. The van der Waals surface area contributed by atoms with Crippen molar-refractivity contribution >= 4 is 82.5 Å². The van der Waals surface area contributed by atoms with E-state index in [1.165, 1.54) is 21.5 Å². The first-order valence-corrected chi connectivity index (χ1v) is 20.1. The average molecular weight is 754 g/mol. The summed E-state index contributed by atoms with van der Waals surface area (Å²) < 4.78 is 12.9. The molecule has 10 aromatic carbocycles. The van der Waals surface area contributed by atoms with Crippen molar-refractivity contribution in [1.82, 2.24) is 0 Å². The van der Waals surface area contributed by atoms with Crippen LogP contribution in [0.15, 0.2) is 221 Å². The number of para-hydroxylation sites is 2. The van der Waals surface area contributed by atoms with Crippen LogP contribution in [-0.4, -0.2) is 0 Å². The number of furan rings is 2. The molecule has 0 radical (unpaired) electrons. The van der Waals surface area contributed by atoms with Gasteiger partial charge in [0.2, 0.25) is 0 Å². The second-order valence-corrected chi connectivity index (χ2v) is 15.2. The molecule has 0 unspecified atom stereocenters. The van der Waals surface area contributed by atoms with Crippen LogP contribution in [0.2, 0.25) is 0 Å². The second kappa shape index (κ2) is 13.4. The van der Waals surface area contributed by atoms with Gasteiger partial charge in [-0.05, 0) is 105 Å². The molecule has 0 fully saturated rings. The molecular weight excluding hydrogens is 719 g/mol. The van der Waals surface area contributed by atoms with Crippen LogP contribution in [0.3, 0.4) is 0 Å². The van der Waals surface area contributed by atoms with Crippen molar-refractivity contribution in [3.63, 3.8) is 0 Å². The van der Waals surface area contributed by atoms with E-state index in [4.69, 9.17) is 8.83 Å². The minimum Gasteiger partial charge on any atom is -0.456 e. The molecule has 12 aromatic rings. The van der Waals surface area contributed by atoms with E-state index < -0.39 is 0 Å². The first kappa shape index (κ1) is 33.3. The molecule has 2 aromatic heterocycles. The molecule has 0 amide bonds. The van der Waals surface area contributed by atoms with Crippen molar-refractivity contribution in [3.05, 3.63) is 212 Å². The maximum atomic E-state index is 6.61. The highest BCUT2D eigenvalue weighted by Gasteiger charge is 2.20. The second-order valence-electron chi connectivity index (χ2n) is 15.2. The Morgan fingerprint density at radius 2 is 0.881 bits per heavy atom. The first-order valence-electron chi connectivity index (χ1n) is 20.1. The lowest BCUT2D eigenvalue weighted by atomic mass is 9.94. The summed E-state index contributed by atoms with van der Waals surface area (Å²) in [5.41, 5.74) is 13.6. The van der Waals surface area contributed by atoms with E-state index in [2.05, 4.69) is 199 Å². The molecule has 0 saturated carbocycles. The first-order chi connectivity index (χ1) is 29.2. The van der Waals surface area contributed by atoms with E-state index in [1.807, 2.05) is 18.2 Å². The Labute approximate surface area is 340 Å². The number of hydrogen-bond acceptors (Lipinski definition) is 3. The van der Waals surface area contributed by atoms with Crippen LogP contribution >= 0.6 is 0 Å². The molecule has 59 heavy (non-hydrogen) atoms. The fourth-order valence-corrected chi connectivity index (χ4v) is 9.06. The van der Waals surface area contributed by atoms with Crippen molar-refractivity contribution in [2.24, 2.45) is 0 Å². The topological polar surface area (TPSA) is 29.5 Å². The van der Waals surface area contributed by atoms with Crippen LogP contribution < -0.4 is 4.90 Å². The highest BCUT2D eigenvalue weighted by Crippen LogP contribution is 2.45. The van der Waals surface area contributed by atoms with E-state index in [9.17, 15) is 0 Å². The smallest absolute Gasteiger partial charge is 0.143 e. The summed E-state index contributed by atoms with van der Waals surface area (Å²) in [5, 5.41) is 9.41. The van der Waals surface area contributed by atoms with E-state index in [0.717, 1.165) is 94.3 Å². The predicted molar refractivity (Wildman–Crippen MR) is 247 cm³/mol. The third-order valence-electron chi connectivity index (χ3n) is 11.9. The highest BCUT2D eigenvalue weighted by atomic mass is 16.3. The lowest BCUT2D eigenvalue weighted by Crippen LogP contribution is -2.10. The van der Waals surface area contributed by atoms with Crippen molar-refractivity contribution in [2.75, 3.05) is 4.90 Å². The summed E-state index contributed by atoms with van der Waals surface area (Å²) in [4.78, 5) is 2.38. The number of benzene rings is 10. The number of hydrogen-bond donors (Lipinski definition) is 0. The lowest BCUT2D eigenvalue weighted by molar-refractivity contribution is 0.669. The minimum atomic E-state index is 0.888. The molecule has 0 aliphatic heterocycles. The normalized spacial score (nSPS) is 11.7. The summed E-state index contributed by atoms with van der Waals surface area (Å²) >= 11 is 0. The zero-order valence-electron chi connectivity index (χ0n) is 32.0. The molecule has 0 bridgehead atoms. The summed E-state index contributed by atoms with van der Waals surface area (Å²) in [6, 6.07) is 75.7. The van der Waals surface area contributed by atoms with Crippen LogP contribution in [0.1, 0.15) is 0 Å². The molecule has 0 N–H and O–H groups in total. The molecule has 2 heterocycles. The molecule has 0 saturated heterocycles. The van der Waals surface area contributed by atoms with Gasteiger partial charge in [0.1, 0.15) is 22.3 Å². The quantitative estimate of drug-likeness (QED) is 0.158. The van der Waals surface area contributed by atoms with Crippen molar-refractivity contribution < 1.29 is 8.83 Å². The van der Waals surface area contributed by atoms with E-state index >= 15 is 0 Å². The maximum Gasteiger partial charge on any atom is 0.143 e. The van der Waals surface area contributed by atoms with Crippen molar-refractivity contribution in [1.29, 1.82) is 0 Å². The maximum absolute atomic E-state index is 6.61. The van der Waals surface area contributed by atoms with Gasteiger partial charge in [-0.2, -0.15) is 0 Å². The molecule has 12 rings (SSSR count). The molecule has 0 spiro atoms. The number of nitrogens with zero attached hydrogens (tertiary/aromatic N) is 1. The number of rotatable bonds is 6. The Morgan fingerprint density at radius 1 is 0.305 bits per heavy atom. The Bertz CT molecular complexity index is 3540. The predicted octanol–water partition coefficient (Wildman–Crippen LogP) is 16.3. The fraction of sp³-hybridized carbons (Fsp3) is 0. The van der Waals surface area contributed by atoms with Gasteiger partial charge in [0.15, 0.2) is 0 Å². The van der Waals surface area contributed by atoms with Crippen LogP contribution in [-0.2, 0) is 0 Å². The molecule has 0 aliphatic carbocycles. The van der Waals surface area contributed by atoms with E-state index in [1.54, 1.807) is 0 Å². The molecule has 0 atom stereocenters. The van der Waals surface area contributed by atoms with Gasteiger partial charge in [-0.15, -0.1) is 0 Å². The number of anilines is 3. The zero-order chi connectivity index (χ0) is 38.9. The van der Waals surface area contributed by atoms with Crippen molar-refractivity contribution in [3.8, 4) is 33.4 Å². The Balaban J connectivity index is 0.994. The van der Waals surface area contributed by atoms with Gasteiger partial charge in [-0.25, -0.2) is 0 Å². The highest BCUT2D eigenvalue weighted by molar-refractivity contribution is 6.17. The molecule has 0 aliphatic rings. The summed E-state index contributed by atoms with van der Waals surface area (Å²) in [5.74, 6) is 0. The fourth-order valence-electron chi connectivity index (χ4n) is 9.06. The standard InChI is InChI=1S/C56H35NO2/c1-2-11-37(12-3-1)45-34-33-44(55-50-16-7-9-20-53(50)59-56(45)55)39-23-29-42(30-24-39)57(51-18-10-17-46-43-14-5-4-13-38(43)25-31-47(46)51)41-27-21-36(22-28-41)40-26-32-49-48-15-6-8-19-52(48)58-54(49)35-40/h1-35H. The van der Waals surface area contributed by atoms with Crippen molar-refractivity contribution in [2.45, 2.75) is 0 Å². The van der Waals surface area contributed by atoms with Gasteiger partial charge in [0, 0.05) is 43.9 Å². The van der Waals surface area contributed by atoms with E-state index in [0.29, 0.717) is 0 Å². The van der Waals surface area contributed by atoms with E-state index in [-0.39, 0.29) is 0 Å². The van der Waals surface area contributed by atoms with Gasteiger partial charge < -0.3 is 13.7 Å². The third kappa shape index (κ3) is 5.44. The summed E-state index contributed by atoms with van der Waals surface area (Å²) in [6.07, 6.45) is 0. The SMILES string of the molecule is c1ccc(-c2ccc(-c3ccc(N(c4ccc(-c5ccc6c(c5)oc5ccccc56)cc4)c4cccc5c4ccc4ccccc45)cc3)c3c2oc2ccccc23)cc1. The monoisotopic (exact) mass is 753 g/mol. The van der Waals surface area contributed by atoms with Crippen LogP contribution in [0.4, 0.5) is 17.1 Å². The lowest BCUT2D eigenvalue weighted by Gasteiger charge is -2.27. The number of fused-ring (bicyclic) bond motifs is 9. The largest absolute Gasteiger partial charge is 0.456 e. The summed E-state index contributed by atoms with van der Waals surface area (Å²) in [7, 11) is 0. The zero-order valence-corrected chi connectivity index (χ0v) is 32.0. The molecule has 3 heteroatoms. The Kier molecular flexibility index (Phi) is 7.54. The van der Waals surface area contributed by atoms with Gasteiger partial charge in [-0.3, -0.25) is 0 Å². The Hall–Kier alpha value is -7.88. The Morgan fingerprint density at radius 3 is 1.68 bits per heavy atom. The molecular formula is C56H35NO2. The average Bonchev–Trinajstić information content (AvgIpc) is 3.88. The van der Waals surface area contributed by atoms with Gasteiger partial charge in [0.05, 0.1) is 5.69 Å². The van der Waals surface area contributed by atoms with Gasteiger partial charge >= 0.3 is 0 Å². The van der Waals surface area contributed by atoms with Gasteiger partial charge in [0.25, 0.3) is 0 Å². The van der Waals surface area contributed by atoms with Crippen LogP contribution in [0.5, 0.6) is 0 Å².